The lowest BCUT2D eigenvalue weighted by atomic mass is 9.99. The number of aliphatic hydroxyl groups excluding tert-OH is 1. The Bertz CT molecular complexity index is 483. The van der Waals surface area contributed by atoms with E-state index < -0.39 is 11.7 Å². The maximum atomic E-state index is 12.0. The van der Waals surface area contributed by atoms with E-state index in [9.17, 15) is 9.90 Å². The van der Waals surface area contributed by atoms with Crippen LogP contribution in [0.25, 0.3) is 0 Å². The lowest BCUT2D eigenvalue weighted by molar-refractivity contribution is 0.0270. The Balaban J connectivity index is 1.95. The van der Waals surface area contributed by atoms with Crippen LogP contribution in [0.15, 0.2) is 15.2 Å². The number of rotatable bonds is 2. The molecule has 20 heavy (non-hydrogen) atoms. The summed E-state index contributed by atoms with van der Waals surface area (Å²) in [6, 6.07) is 2.05. The first kappa shape index (κ1) is 15.8. The van der Waals surface area contributed by atoms with E-state index in [-0.39, 0.29) is 12.0 Å². The molecule has 0 unspecified atom stereocenters. The molecular formula is C14H20BrNO3S. The average Bonchev–Trinajstić information content (AvgIpc) is 2.86. The van der Waals surface area contributed by atoms with Gasteiger partial charge in [-0.2, -0.15) is 0 Å². The predicted octanol–water partition coefficient (Wildman–Crippen LogP) is 3.28. The van der Waals surface area contributed by atoms with Crippen LogP contribution in [0.1, 0.15) is 26.3 Å². The largest absolute Gasteiger partial charge is 0.444 e. The quantitative estimate of drug-likeness (QED) is 0.879. The summed E-state index contributed by atoms with van der Waals surface area (Å²) in [4.78, 5) is 13.6. The van der Waals surface area contributed by atoms with Crippen LogP contribution in [-0.2, 0) is 11.2 Å². The number of amides is 1. The summed E-state index contributed by atoms with van der Waals surface area (Å²) in [5.74, 6) is 0.0634. The van der Waals surface area contributed by atoms with Crippen LogP contribution in [0.4, 0.5) is 4.79 Å². The van der Waals surface area contributed by atoms with E-state index in [2.05, 4.69) is 22.0 Å². The highest BCUT2D eigenvalue weighted by atomic mass is 79.9. The molecular weight excluding hydrogens is 342 g/mol. The van der Waals surface area contributed by atoms with Gasteiger partial charge in [0, 0.05) is 12.5 Å². The van der Waals surface area contributed by atoms with E-state index in [0.717, 1.165) is 10.2 Å². The van der Waals surface area contributed by atoms with Gasteiger partial charge in [-0.3, -0.25) is 0 Å². The zero-order chi connectivity index (χ0) is 14.9. The molecule has 6 heteroatoms. The van der Waals surface area contributed by atoms with Crippen molar-refractivity contribution >= 4 is 33.4 Å². The van der Waals surface area contributed by atoms with E-state index in [0.29, 0.717) is 13.1 Å². The first-order valence-electron chi connectivity index (χ1n) is 6.64. The fourth-order valence-electron chi connectivity index (χ4n) is 2.28. The number of carbonyl (C=O) groups excluding carboxylic acids is 1. The number of β-amino-alcohol motifs (C(OH)–C–C–N with tert-alkyl or cyclic N) is 1. The minimum Gasteiger partial charge on any atom is -0.444 e. The van der Waals surface area contributed by atoms with E-state index in [1.54, 1.807) is 16.2 Å². The van der Waals surface area contributed by atoms with Crippen molar-refractivity contribution in [2.45, 2.75) is 38.9 Å². The molecule has 0 spiro atoms. The molecule has 2 heterocycles. The molecule has 1 N–H and O–H groups in total. The van der Waals surface area contributed by atoms with Crippen LogP contribution in [0.5, 0.6) is 0 Å². The van der Waals surface area contributed by atoms with E-state index in [1.165, 1.54) is 5.56 Å². The second-order valence-corrected chi connectivity index (χ2v) is 8.37. The highest BCUT2D eigenvalue weighted by Crippen LogP contribution is 2.29. The number of thiophene rings is 1. The van der Waals surface area contributed by atoms with Gasteiger partial charge in [-0.05, 0) is 60.1 Å². The van der Waals surface area contributed by atoms with Crippen LogP contribution >= 0.6 is 27.3 Å². The summed E-state index contributed by atoms with van der Waals surface area (Å²) in [6.45, 7) is 6.42. The summed E-state index contributed by atoms with van der Waals surface area (Å²) in [6.07, 6.45) is -0.0670. The van der Waals surface area contributed by atoms with Crippen LogP contribution in [-0.4, -0.2) is 40.9 Å². The summed E-state index contributed by atoms with van der Waals surface area (Å²) < 4.78 is 6.44. The summed E-state index contributed by atoms with van der Waals surface area (Å²) in [5.41, 5.74) is 0.682. The minimum atomic E-state index is -0.503. The molecule has 1 aromatic heterocycles. The van der Waals surface area contributed by atoms with Gasteiger partial charge in [0.2, 0.25) is 0 Å². The molecule has 0 bridgehead atoms. The van der Waals surface area contributed by atoms with E-state index in [4.69, 9.17) is 4.74 Å². The van der Waals surface area contributed by atoms with E-state index >= 15 is 0 Å². The van der Waals surface area contributed by atoms with Crippen molar-refractivity contribution in [1.82, 2.24) is 4.90 Å². The molecule has 1 saturated heterocycles. The summed E-state index contributed by atoms with van der Waals surface area (Å²) >= 11 is 5.14. The molecule has 1 aliphatic rings. The topological polar surface area (TPSA) is 49.8 Å². The number of carbonyl (C=O) groups is 1. The maximum absolute atomic E-state index is 12.0. The number of hydrogen-bond acceptors (Lipinski definition) is 4. The number of aliphatic hydroxyl groups is 1. The van der Waals surface area contributed by atoms with Crippen LogP contribution in [0.3, 0.4) is 0 Å². The Labute approximate surface area is 131 Å². The molecule has 2 atom stereocenters. The standard InChI is InChI=1S/C14H20BrNO3S/c1-14(2,3)19-13(18)16-7-10(11(17)8-16)6-9-4-5-20-12(9)15/h4-5,10-11,17H,6-8H2,1-3H3/t10-,11-/m1/s1. The normalized spacial score (nSPS) is 23.1. The first-order valence-corrected chi connectivity index (χ1v) is 8.31. The first-order chi connectivity index (χ1) is 9.26. The Morgan fingerprint density at radius 2 is 2.25 bits per heavy atom. The third kappa shape index (κ3) is 3.96. The van der Waals surface area contributed by atoms with Gasteiger partial charge >= 0.3 is 6.09 Å². The Morgan fingerprint density at radius 1 is 1.55 bits per heavy atom. The molecule has 112 valence electrons. The van der Waals surface area contributed by atoms with Crippen molar-refractivity contribution in [2.75, 3.05) is 13.1 Å². The Hall–Kier alpha value is -0.590. The highest BCUT2D eigenvalue weighted by molar-refractivity contribution is 9.11. The van der Waals surface area contributed by atoms with Crippen LogP contribution in [0.2, 0.25) is 0 Å². The van der Waals surface area contributed by atoms with Gasteiger partial charge in [-0.15, -0.1) is 11.3 Å². The number of nitrogens with zero attached hydrogens (tertiary/aromatic N) is 1. The molecule has 1 fully saturated rings. The van der Waals surface area contributed by atoms with Gasteiger partial charge in [-0.25, -0.2) is 4.79 Å². The zero-order valence-corrected chi connectivity index (χ0v) is 14.3. The zero-order valence-electron chi connectivity index (χ0n) is 11.9. The second-order valence-electron chi connectivity index (χ2n) is 6.14. The molecule has 0 aliphatic carbocycles. The fourth-order valence-corrected chi connectivity index (χ4v) is 3.55. The monoisotopic (exact) mass is 361 g/mol. The molecule has 2 rings (SSSR count). The van der Waals surface area contributed by atoms with Gasteiger partial charge in [0.05, 0.1) is 16.4 Å². The Morgan fingerprint density at radius 3 is 2.80 bits per heavy atom. The molecule has 0 radical (unpaired) electrons. The highest BCUT2D eigenvalue weighted by Gasteiger charge is 2.36. The number of likely N-dealkylation sites (tertiary alicyclic amines) is 1. The average molecular weight is 362 g/mol. The summed E-state index contributed by atoms with van der Waals surface area (Å²) in [5, 5.41) is 12.2. The van der Waals surface area contributed by atoms with Gasteiger partial charge in [0.15, 0.2) is 0 Å². The van der Waals surface area contributed by atoms with Crippen LogP contribution < -0.4 is 0 Å². The SMILES string of the molecule is CC(C)(C)OC(=O)N1C[C@@H](Cc2ccsc2Br)[C@H](O)C1. The van der Waals surface area contributed by atoms with Crippen LogP contribution in [0, 0.1) is 5.92 Å². The molecule has 0 saturated carbocycles. The maximum Gasteiger partial charge on any atom is 0.410 e. The molecule has 1 aliphatic heterocycles. The minimum absolute atomic E-state index is 0.0634. The predicted molar refractivity (Wildman–Crippen MR) is 83.0 cm³/mol. The molecule has 4 nitrogen and oxygen atoms in total. The van der Waals surface area contributed by atoms with E-state index in [1.807, 2.05) is 26.2 Å². The van der Waals surface area contributed by atoms with Crippen molar-refractivity contribution in [1.29, 1.82) is 0 Å². The summed E-state index contributed by atoms with van der Waals surface area (Å²) in [7, 11) is 0. The van der Waals surface area contributed by atoms with Gasteiger partial charge < -0.3 is 14.7 Å². The molecule has 1 aromatic rings. The molecule has 0 aromatic carbocycles. The number of halogens is 1. The van der Waals surface area contributed by atoms with Crippen molar-refractivity contribution in [2.24, 2.45) is 5.92 Å². The lowest BCUT2D eigenvalue weighted by Gasteiger charge is -2.24. The van der Waals surface area contributed by atoms with Gasteiger partial charge in [0.25, 0.3) is 0 Å². The van der Waals surface area contributed by atoms with Gasteiger partial charge in [-0.1, -0.05) is 0 Å². The molecule has 1 amide bonds. The van der Waals surface area contributed by atoms with Crippen molar-refractivity contribution in [3.8, 4) is 0 Å². The number of ether oxygens (including phenoxy) is 1. The van der Waals surface area contributed by atoms with Crippen molar-refractivity contribution in [3.63, 3.8) is 0 Å². The third-order valence-corrected chi connectivity index (χ3v) is 5.04. The Kier molecular flexibility index (Phi) is 4.76. The van der Waals surface area contributed by atoms with Crippen molar-refractivity contribution < 1.29 is 14.6 Å². The van der Waals surface area contributed by atoms with Crippen molar-refractivity contribution in [3.05, 3.63) is 20.8 Å². The smallest absolute Gasteiger partial charge is 0.410 e. The second kappa shape index (κ2) is 6.03. The number of hydrogen-bond donors (Lipinski definition) is 1. The lowest BCUT2D eigenvalue weighted by Crippen LogP contribution is -2.35. The third-order valence-electron chi connectivity index (χ3n) is 3.23. The van der Waals surface area contributed by atoms with Gasteiger partial charge in [0.1, 0.15) is 5.60 Å². The fraction of sp³-hybridized carbons (Fsp3) is 0.643.